The van der Waals surface area contributed by atoms with Gasteiger partial charge in [-0.1, -0.05) is 52.4 Å². The molecule has 2 rings (SSSR count). The number of rotatable bonds is 12. The number of thioether (sulfide) groups is 1. The van der Waals surface area contributed by atoms with Gasteiger partial charge in [-0.2, -0.15) is 0 Å². The van der Waals surface area contributed by atoms with Crippen molar-refractivity contribution in [1.29, 1.82) is 0 Å². The van der Waals surface area contributed by atoms with Gasteiger partial charge < -0.3 is 18.8 Å². The second-order valence-corrected chi connectivity index (χ2v) is 8.08. The fourth-order valence-electron chi connectivity index (χ4n) is 3.30. The van der Waals surface area contributed by atoms with E-state index in [9.17, 15) is 4.79 Å². The summed E-state index contributed by atoms with van der Waals surface area (Å²) in [4.78, 5) is 11.1. The Hall–Kier alpha value is -0.235. The molecule has 0 N–H and O–H groups in total. The van der Waals surface area contributed by atoms with Gasteiger partial charge in [0, 0.05) is 6.92 Å². The van der Waals surface area contributed by atoms with Crippen LogP contribution in [0.25, 0.3) is 0 Å². The summed E-state index contributed by atoms with van der Waals surface area (Å²) in [6.07, 6.45) is 9.59. The van der Waals surface area contributed by atoms with Crippen LogP contribution in [0.3, 0.4) is 0 Å². The van der Waals surface area contributed by atoms with Crippen LogP contribution < -0.4 is 0 Å². The molecule has 0 spiro atoms. The molecule has 25 heavy (non-hydrogen) atoms. The smallest absolute Gasteiger partial charge is 0.457 e. The highest BCUT2D eigenvalue weighted by Crippen LogP contribution is 2.38. The lowest BCUT2D eigenvalue weighted by Gasteiger charge is -2.18. The highest BCUT2D eigenvalue weighted by atomic mass is 32.2. The summed E-state index contributed by atoms with van der Waals surface area (Å²) in [6, 6.07) is 0. The topological polar surface area (TPSA) is 54.0 Å². The fraction of sp³-hybridized carbons (Fsp3) is 0.944. The quantitative estimate of drug-likeness (QED) is 0.293. The Morgan fingerprint density at radius 3 is 2.40 bits per heavy atom. The molecule has 2 heterocycles. The van der Waals surface area contributed by atoms with Gasteiger partial charge in [0.1, 0.15) is 30.4 Å². The first kappa shape index (κ1) is 21.1. The molecule has 2 fully saturated rings. The van der Waals surface area contributed by atoms with Crippen LogP contribution in [0.2, 0.25) is 6.32 Å². The molecule has 2 aliphatic heterocycles. The van der Waals surface area contributed by atoms with Crippen LogP contribution in [0.1, 0.15) is 65.7 Å². The summed E-state index contributed by atoms with van der Waals surface area (Å²) in [5.74, 6) is 0.785. The summed E-state index contributed by atoms with van der Waals surface area (Å²) in [5, 5.41) is 0. The Balaban J connectivity index is 1.69. The molecule has 4 atom stereocenters. The van der Waals surface area contributed by atoms with Crippen molar-refractivity contribution in [3.63, 3.8) is 0 Å². The number of carbonyl (C=O) groups excluding carboxylic acids is 1. The van der Waals surface area contributed by atoms with E-state index in [1.807, 2.05) is 18.7 Å². The zero-order valence-corrected chi connectivity index (χ0v) is 16.7. The monoisotopic (exact) mass is 372 g/mol. The van der Waals surface area contributed by atoms with E-state index in [0.29, 0.717) is 0 Å². The predicted octanol–water partition coefficient (Wildman–Crippen LogP) is 4.05. The molecule has 0 amide bonds. The SMILES string of the molecule is CCCCCCCCCS[C@@H]1O[C@H](COC(C)=O)[C@@H]2OB(CC)O[C@@H]21. The van der Waals surface area contributed by atoms with Crippen LogP contribution in [0.15, 0.2) is 0 Å². The van der Waals surface area contributed by atoms with Crippen molar-refractivity contribution in [1.82, 2.24) is 0 Å². The number of ether oxygens (including phenoxy) is 2. The number of unbranched alkanes of at least 4 members (excludes halogenated alkanes) is 6. The van der Waals surface area contributed by atoms with E-state index in [-0.39, 0.29) is 43.4 Å². The molecule has 7 heteroatoms. The van der Waals surface area contributed by atoms with Gasteiger partial charge in [0.2, 0.25) is 0 Å². The van der Waals surface area contributed by atoms with Crippen molar-refractivity contribution in [2.45, 2.75) is 95.8 Å². The summed E-state index contributed by atoms with van der Waals surface area (Å²) in [6.45, 7) is 5.96. The van der Waals surface area contributed by atoms with E-state index >= 15 is 0 Å². The average molecular weight is 372 g/mol. The summed E-state index contributed by atoms with van der Waals surface area (Å²) < 4.78 is 23.1. The summed E-state index contributed by atoms with van der Waals surface area (Å²) in [7, 11) is -0.166. The van der Waals surface area contributed by atoms with E-state index < -0.39 is 0 Å². The second kappa shape index (κ2) is 11.5. The van der Waals surface area contributed by atoms with Gasteiger partial charge in [0.15, 0.2) is 0 Å². The Bertz CT molecular complexity index is 398. The molecule has 0 unspecified atom stereocenters. The lowest BCUT2D eigenvalue weighted by atomic mass is 9.87. The predicted molar refractivity (Wildman–Crippen MR) is 102 cm³/mol. The Labute approximate surface area is 157 Å². The zero-order valence-electron chi connectivity index (χ0n) is 15.9. The molecule has 0 aromatic heterocycles. The molecule has 2 saturated heterocycles. The van der Waals surface area contributed by atoms with Crippen LogP contribution in [0.5, 0.6) is 0 Å². The van der Waals surface area contributed by atoms with Crippen LogP contribution >= 0.6 is 11.8 Å². The molecule has 5 nitrogen and oxygen atoms in total. The molecular formula is C18H33BO5S. The van der Waals surface area contributed by atoms with E-state index in [4.69, 9.17) is 18.8 Å². The summed E-state index contributed by atoms with van der Waals surface area (Å²) in [5.41, 5.74) is -0.0257. The minimum absolute atomic E-state index is 0.0257. The van der Waals surface area contributed by atoms with Gasteiger partial charge in [-0.25, -0.2) is 0 Å². The van der Waals surface area contributed by atoms with Gasteiger partial charge in [-0.05, 0) is 18.5 Å². The maximum absolute atomic E-state index is 11.1. The molecule has 0 aromatic rings. The van der Waals surface area contributed by atoms with Gasteiger partial charge in [-0.3, -0.25) is 4.79 Å². The van der Waals surface area contributed by atoms with Crippen molar-refractivity contribution < 1.29 is 23.6 Å². The van der Waals surface area contributed by atoms with Crippen LogP contribution in [-0.2, 0) is 23.6 Å². The zero-order chi connectivity index (χ0) is 18.1. The number of hydrogen-bond acceptors (Lipinski definition) is 6. The molecule has 2 aliphatic rings. The first-order valence-corrected chi connectivity index (χ1v) is 10.9. The third-order valence-electron chi connectivity index (χ3n) is 4.70. The number of carbonyl (C=O) groups is 1. The molecule has 0 aromatic carbocycles. The van der Waals surface area contributed by atoms with Gasteiger partial charge in [0.05, 0.1) is 0 Å². The lowest BCUT2D eigenvalue weighted by Crippen LogP contribution is -2.32. The van der Waals surface area contributed by atoms with E-state index in [0.717, 1.165) is 12.1 Å². The normalized spacial score (nSPS) is 28.4. The first-order chi connectivity index (χ1) is 12.2. The molecule has 0 aliphatic carbocycles. The highest BCUT2D eigenvalue weighted by Gasteiger charge is 2.53. The van der Waals surface area contributed by atoms with E-state index in [1.54, 1.807) is 0 Å². The van der Waals surface area contributed by atoms with Crippen LogP contribution in [0.4, 0.5) is 0 Å². The average Bonchev–Trinajstić information content (AvgIpc) is 3.15. The van der Waals surface area contributed by atoms with E-state index in [1.165, 1.54) is 51.9 Å². The van der Waals surface area contributed by atoms with Crippen LogP contribution in [-0.4, -0.2) is 49.2 Å². The van der Waals surface area contributed by atoms with Crippen molar-refractivity contribution in [2.75, 3.05) is 12.4 Å². The first-order valence-electron chi connectivity index (χ1n) is 9.87. The van der Waals surface area contributed by atoms with E-state index in [2.05, 4.69) is 6.92 Å². The maximum atomic E-state index is 11.1. The summed E-state index contributed by atoms with van der Waals surface area (Å²) >= 11 is 1.81. The number of hydrogen-bond donors (Lipinski definition) is 0. The highest BCUT2D eigenvalue weighted by molar-refractivity contribution is 7.99. The maximum Gasteiger partial charge on any atom is 0.457 e. The van der Waals surface area contributed by atoms with Crippen molar-refractivity contribution >= 4 is 24.8 Å². The second-order valence-electron chi connectivity index (χ2n) is 6.88. The van der Waals surface area contributed by atoms with Gasteiger partial charge >= 0.3 is 13.1 Å². The molecular weight excluding hydrogens is 339 g/mol. The molecule has 0 radical (unpaired) electrons. The van der Waals surface area contributed by atoms with Gasteiger partial charge in [-0.15, -0.1) is 11.8 Å². The fourth-order valence-corrected chi connectivity index (χ4v) is 4.53. The Kier molecular flexibility index (Phi) is 9.67. The third-order valence-corrected chi connectivity index (χ3v) is 5.93. The molecule has 0 saturated carbocycles. The number of fused-ring (bicyclic) bond motifs is 1. The lowest BCUT2D eigenvalue weighted by molar-refractivity contribution is -0.145. The van der Waals surface area contributed by atoms with Crippen molar-refractivity contribution in [3.05, 3.63) is 0 Å². The Morgan fingerprint density at radius 2 is 1.72 bits per heavy atom. The number of esters is 1. The minimum atomic E-state index is -0.287. The molecule has 0 bridgehead atoms. The van der Waals surface area contributed by atoms with Gasteiger partial charge in [0.25, 0.3) is 0 Å². The van der Waals surface area contributed by atoms with Crippen molar-refractivity contribution in [2.24, 2.45) is 0 Å². The Morgan fingerprint density at radius 1 is 1.04 bits per heavy atom. The standard InChI is InChI=1S/C18H33BO5S/c1-4-6-7-8-9-10-11-12-25-18-17-16(23-19(5-2)24-17)15(22-18)13-21-14(3)20/h15-18H,4-13H2,1-3H3/t15-,16+,17+,18+/m1/s1. The van der Waals surface area contributed by atoms with Crippen molar-refractivity contribution in [3.8, 4) is 0 Å². The third kappa shape index (κ3) is 6.77. The minimum Gasteiger partial charge on any atom is -0.463 e. The largest absolute Gasteiger partial charge is 0.463 e. The molecule has 144 valence electrons. The van der Waals surface area contributed by atoms with Crippen LogP contribution in [0, 0.1) is 0 Å².